The Hall–Kier alpha value is -3.37. The van der Waals surface area contributed by atoms with Gasteiger partial charge in [0.2, 0.25) is 0 Å². The predicted molar refractivity (Wildman–Crippen MR) is 131 cm³/mol. The van der Waals surface area contributed by atoms with Crippen LogP contribution in [0, 0.1) is 10.1 Å². The summed E-state index contributed by atoms with van der Waals surface area (Å²) in [6.07, 6.45) is 6.83. The number of hydrogen-bond donors (Lipinski definition) is 1. The number of benzene rings is 1. The molecule has 0 unspecified atom stereocenters. The van der Waals surface area contributed by atoms with Crippen molar-refractivity contribution < 1.29 is 14.5 Å². The number of nitro benzene ring substituents is 1. The molecule has 10 heteroatoms. The van der Waals surface area contributed by atoms with Crippen molar-refractivity contribution >= 4 is 28.8 Å². The molecular weight excluding hydrogens is 454 g/mol. The lowest BCUT2D eigenvalue weighted by Crippen LogP contribution is -2.29. The molecular formula is C24H27N5O4S. The summed E-state index contributed by atoms with van der Waals surface area (Å²) in [5.41, 5.74) is 2.40. The predicted octanol–water partition coefficient (Wildman–Crippen LogP) is 4.89. The van der Waals surface area contributed by atoms with E-state index in [4.69, 9.17) is 4.74 Å². The number of thiazole rings is 1. The van der Waals surface area contributed by atoms with Gasteiger partial charge in [0.1, 0.15) is 5.01 Å². The van der Waals surface area contributed by atoms with Crippen molar-refractivity contribution in [1.29, 1.82) is 0 Å². The Labute approximate surface area is 202 Å². The molecule has 1 aliphatic rings. The summed E-state index contributed by atoms with van der Waals surface area (Å²) >= 11 is 1.22. The van der Waals surface area contributed by atoms with Gasteiger partial charge in [-0.1, -0.05) is 18.6 Å². The summed E-state index contributed by atoms with van der Waals surface area (Å²) in [4.78, 5) is 35.4. The number of nitro groups is 1. The quantitative estimate of drug-likeness (QED) is 0.261. The Bertz CT molecular complexity index is 1150. The summed E-state index contributed by atoms with van der Waals surface area (Å²) in [5, 5.41) is 15.6. The highest BCUT2D eigenvalue weighted by molar-refractivity contribution is 7.17. The average molecular weight is 482 g/mol. The van der Waals surface area contributed by atoms with E-state index in [9.17, 15) is 14.9 Å². The summed E-state index contributed by atoms with van der Waals surface area (Å²) in [7, 11) is 0. The van der Waals surface area contributed by atoms with Crippen molar-refractivity contribution in [3.8, 4) is 10.6 Å². The van der Waals surface area contributed by atoms with Crippen molar-refractivity contribution in [1.82, 2.24) is 14.9 Å². The number of nitrogens with one attached hydrogen (secondary N) is 1. The van der Waals surface area contributed by atoms with Crippen LogP contribution in [0.2, 0.25) is 0 Å². The number of aromatic nitrogens is 2. The number of nitrogens with zero attached hydrogens (tertiary/aromatic N) is 4. The molecule has 0 spiro atoms. The number of likely N-dealkylation sites (tertiary alicyclic amines) is 1. The second-order valence-corrected chi connectivity index (χ2v) is 9.01. The first-order chi connectivity index (χ1) is 16.6. The van der Waals surface area contributed by atoms with Gasteiger partial charge in [-0.25, -0.2) is 9.78 Å². The lowest BCUT2D eigenvalue weighted by molar-refractivity contribution is -0.385. The summed E-state index contributed by atoms with van der Waals surface area (Å²) in [6, 6.07) is 8.82. The fourth-order valence-electron chi connectivity index (χ4n) is 4.07. The lowest BCUT2D eigenvalue weighted by atomic mass is 10.0. The minimum Gasteiger partial charge on any atom is -0.462 e. The topological polar surface area (TPSA) is 110 Å². The van der Waals surface area contributed by atoms with E-state index in [-0.39, 0.29) is 23.8 Å². The highest BCUT2D eigenvalue weighted by atomic mass is 32.1. The summed E-state index contributed by atoms with van der Waals surface area (Å²) in [5.74, 6) is -0.115. The van der Waals surface area contributed by atoms with Crippen LogP contribution in [0.15, 0.2) is 42.7 Å². The Balaban J connectivity index is 1.63. The molecule has 4 rings (SSSR count). The first-order valence-corrected chi connectivity index (χ1v) is 12.2. The SMILES string of the molecule is CCOC(=O)c1sc(-c2ccncc2)nc1NCc1c(CN2CCCCC2)cccc1[N+](=O)[O-]. The maximum absolute atomic E-state index is 12.6. The van der Waals surface area contributed by atoms with Gasteiger partial charge in [-0.2, -0.15) is 0 Å². The first kappa shape index (κ1) is 23.8. The second-order valence-electron chi connectivity index (χ2n) is 8.02. The van der Waals surface area contributed by atoms with Crippen LogP contribution >= 0.6 is 11.3 Å². The highest BCUT2D eigenvalue weighted by Crippen LogP contribution is 2.33. The van der Waals surface area contributed by atoms with Crippen molar-refractivity contribution in [3.05, 3.63) is 68.8 Å². The minimum atomic E-state index is -0.473. The monoisotopic (exact) mass is 481 g/mol. The zero-order valence-electron chi connectivity index (χ0n) is 19.0. The molecule has 1 aliphatic heterocycles. The van der Waals surface area contributed by atoms with E-state index in [0.717, 1.165) is 37.1 Å². The molecule has 34 heavy (non-hydrogen) atoms. The highest BCUT2D eigenvalue weighted by Gasteiger charge is 2.23. The van der Waals surface area contributed by atoms with Crippen LogP contribution in [-0.2, 0) is 17.8 Å². The number of rotatable bonds is 9. The molecule has 0 bridgehead atoms. The van der Waals surface area contributed by atoms with E-state index in [0.29, 0.717) is 27.8 Å². The number of carbonyl (C=O) groups excluding carboxylic acids is 1. The molecule has 0 amide bonds. The standard InChI is InChI=1S/C24H27N5O4S/c1-2-33-24(30)21-22(27-23(34-21)17-9-11-25-12-10-17)26-15-19-18(7-6-8-20(19)29(31)32)16-28-13-4-3-5-14-28/h6-12,26H,2-5,13-16H2,1H3. The van der Waals surface area contributed by atoms with Gasteiger partial charge in [-0.3, -0.25) is 20.0 Å². The maximum atomic E-state index is 12.6. The van der Waals surface area contributed by atoms with Gasteiger partial charge in [0.25, 0.3) is 5.69 Å². The number of anilines is 1. The third-order valence-electron chi connectivity index (χ3n) is 5.74. The lowest BCUT2D eigenvalue weighted by Gasteiger charge is -2.27. The second kappa shape index (κ2) is 11.2. The van der Waals surface area contributed by atoms with E-state index in [2.05, 4.69) is 20.2 Å². The molecule has 0 saturated carbocycles. The Kier molecular flexibility index (Phi) is 7.81. The van der Waals surface area contributed by atoms with Crippen molar-refractivity contribution in [2.45, 2.75) is 39.3 Å². The number of carbonyl (C=O) groups is 1. The fourth-order valence-corrected chi connectivity index (χ4v) is 5.01. The van der Waals surface area contributed by atoms with Crippen molar-refractivity contribution in [2.75, 3.05) is 25.0 Å². The van der Waals surface area contributed by atoms with Crippen LogP contribution in [0.3, 0.4) is 0 Å². The maximum Gasteiger partial charge on any atom is 0.352 e. The number of esters is 1. The van der Waals surface area contributed by atoms with Gasteiger partial charge >= 0.3 is 5.97 Å². The number of hydrogen-bond acceptors (Lipinski definition) is 9. The molecule has 2 aromatic heterocycles. The van der Waals surface area contributed by atoms with Gasteiger partial charge < -0.3 is 10.1 Å². The van der Waals surface area contributed by atoms with Crippen LogP contribution < -0.4 is 5.32 Å². The molecule has 178 valence electrons. The largest absolute Gasteiger partial charge is 0.462 e. The number of ether oxygens (including phenoxy) is 1. The van der Waals surface area contributed by atoms with E-state index in [1.165, 1.54) is 23.8 Å². The third kappa shape index (κ3) is 5.57. The van der Waals surface area contributed by atoms with Crippen LogP contribution in [-0.4, -0.2) is 45.5 Å². The Morgan fingerprint density at radius 3 is 2.68 bits per heavy atom. The van der Waals surface area contributed by atoms with E-state index in [1.807, 2.05) is 18.2 Å². The molecule has 1 fully saturated rings. The van der Waals surface area contributed by atoms with Gasteiger partial charge in [-0.15, -0.1) is 11.3 Å². The molecule has 1 aromatic carbocycles. The number of piperidine rings is 1. The van der Waals surface area contributed by atoms with E-state index >= 15 is 0 Å². The first-order valence-electron chi connectivity index (χ1n) is 11.4. The molecule has 0 radical (unpaired) electrons. The van der Waals surface area contributed by atoms with Gasteiger partial charge in [0.05, 0.1) is 17.1 Å². The van der Waals surface area contributed by atoms with Crippen LogP contribution in [0.5, 0.6) is 0 Å². The van der Waals surface area contributed by atoms with Crippen LogP contribution in [0.1, 0.15) is 47.0 Å². The van der Waals surface area contributed by atoms with E-state index in [1.54, 1.807) is 25.4 Å². The van der Waals surface area contributed by atoms with E-state index < -0.39 is 5.97 Å². The van der Waals surface area contributed by atoms with Crippen LogP contribution in [0.4, 0.5) is 11.5 Å². The van der Waals surface area contributed by atoms with Gasteiger partial charge in [-0.05, 0) is 50.6 Å². The fraction of sp³-hybridized carbons (Fsp3) is 0.375. The zero-order valence-corrected chi connectivity index (χ0v) is 19.8. The van der Waals surface area contributed by atoms with Gasteiger partial charge in [0.15, 0.2) is 10.7 Å². The van der Waals surface area contributed by atoms with Crippen molar-refractivity contribution in [2.24, 2.45) is 0 Å². The zero-order chi connectivity index (χ0) is 23.9. The summed E-state index contributed by atoms with van der Waals surface area (Å²) < 4.78 is 5.22. The van der Waals surface area contributed by atoms with Crippen LogP contribution in [0.25, 0.3) is 10.6 Å². The Morgan fingerprint density at radius 1 is 1.21 bits per heavy atom. The molecule has 0 aliphatic carbocycles. The molecule has 3 aromatic rings. The molecule has 1 N–H and O–H groups in total. The Morgan fingerprint density at radius 2 is 1.97 bits per heavy atom. The molecule has 1 saturated heterocycles. The summed E-state index contributed by atoms with van der Waals surface area (Å²) in [6.45, 7) is 4.80. The van der Waals surface area contributed by atoms with Gasteiger partial charge in [0, 0.05) is 37.1 Å². The minimum absolute atomic E-state index is 0.0595. The molecule has 0 atom stereocenters. The normalized spacial score (nSPS) is 14.0. The number of pyridine rings is 1. The smallest absolute Gasteiger partial charge is 0.352 e. The third-order valence-corrected chi connectivity index (χ3v) is 6.82. The molecule has 3 heterocycles. The van der Waals surface area contributed by atoms with Crippen molar-refractivity contribution in [3.63, 3.8) is 0 Å². The molecule has 9 nitrogen and oxygen atoms in total. The average Bonchev–Trinajstić information content (AvgIpc) is 3.29.